The third-order valence-electron chi connectivity index (χ3n) is 1.72. The standard InChI is InChI=1S/C9H10BrNO3/c1-13-8-4-6(10)5(3-7(8)11)9(12)14-2/h3-4H,11H2,1-2H3. The Morgan fingerprint density at radius 3 is 2.57 bits per heavy atom. The zero-order valence-corrected chi connectivity index (χ0v) is 9.42. The van der Waals surface area contributed by atoms with E-state index in [9.17, 15) is 4.79 Å². The number of methoxy groups -OCH3 is 2. The van der Waals surface area contributed by atoms with E-state index in [2.05, 4.69) is 20.7 Å². The molecule has 76 valence electrons. The molecule has 0 saturated carbocycles. The van der Waals surface area contributed by atoms with Gasteiger partial charge in [-0.2, -0.15) is 0 Å². The second-order valence-electron chi connectivity index (χ2n) is 2.57. The molecule has 1 rings (SSSR count). The summed E-state index contributed by atoms with van der Waals surface area (Å²) < 4.78 is 10.2. The molecule has 0 aromatic heterocycles. The van der Waals surface area contributed by atoms with Gasteiger partial charge in [-0.25, -0.2) is 4.79 Å². The fourth-order valence-corrected chi connectivity index (χ4v) is 1.50. The first-order chi connectivity index (χ1) is 6.60. The number of hydrogen-bond donors (Lipinski definition) is 1. The van der Waals surface area contributed by atoms with Gasteiger partial charge in [0.2, 0.25) is 0 Å². The Morgan fingerprint density at radius 1 is 1.43 bits per heavy atom. The van der Waals surface area contributed by atoms with E-state index in [1.54, 1.807) is 6.07 Å². The molecule has 0 radical (unpaired) electrons. The molecule has 1 aromatic rings. The summed E-state index contributed by atoms with van der Waals surface area (Å²) in [6.07, 6.45) is 0. The Labute approximate surface area is 90.1 Å². The van der Waals surface area contributed by atoms with Gasteiger partial charge in [-0.3, -0.25) is 0 Å². The molecule has 2 N–H and O–H groups in total. The monoisotopic (exact) mass is 259 g/mol. The number of ether oxygens (including phenoxy) is 2. The molecule has 0 spiro atoms. The van der Waals surface area contributed by atoms with Gasteiger partial charge in [-0.05, 0) is 28.1 Å². The average Bonchev–Trinajstić information content (AvgIpc) is 2.19. The van der Waals surface area contributed by atoms with Gasteiger partial charge in [-0.1, -0.05) is 0 Å². The highest BCUT2D eigenvalue weighted by Crippen LogP contribution is 2.29. The van der Waals surface area contributed by atoms with Crippen molar-refractivity contribution < 1.29 is 14.3 Å². The van der Waals surface area contributed by atoms with E-state index in [0.717, 1.165) is 0 Å². The van der Waals surface area contributed by atoms with E-state index in [1.165, 1.54) is 20.3 Å². The quantitative estimate of drug-likeness (QED) is 0.650. The van der Waals surface area contributed by atoms with Crippen molar-refractivity contribution in [1.82, 2.24) is 0 Å². The Kier molecular flexibility index (Phi) is 3.35. The maximum Gasteiger partial charge on any atom is 0.339 e. The van der Waals surface area contributed by atoms with Gasteiger partial charge in [0.05, 0.1) is 25.5 Å². The van der Waals surface area contributed by atoms with Gasteiger partial charge >= 0.3 is 5.97 Å². The number of hydrogen-bond acceptors (Lipinski definition) is 4. The topological polar surface area (TPSA) is 61.5 Å². The molecule has 0 aliphatic carbocycles. The second-order valence-corrected chi connectivity index (χ2v) is 3.42. The summed E-state index contributed by atoms with van der Waals surface area (Å²) in [5.74, 6) is 0.0794. The highest BCUT2D eigenvalue weighted by molar-refractivity contribution is 9.10. The molecule has 0 aliphatic rings. The molecule has 1 aromatic carbocycles. The van der Waals surface area contributed by atoms with Crippen molar-refractivity contribution in [2.24, 2.45) is 0 Å². The molecule has 0 amide bonds. The van der Waals surface area contributed by atoms with Gasteiger partial charge in [0, 0.05) is 4.47 Å². The van der Waals surface area contributed by atoms with Crippen LogP contribution in [0.2, 0.25) is 0 Å². The maximum absolute atomic E-state index is 11.2. The maximum atomic E-state index is 11.2. The average molecular weight is 260 g/mol. The zero-order chi connectivity index (χ0) is 10.7. The van der Waals surface area contributed by atoms with E-state index >= 15 is 0 Å². The number of nitrogens with two attached hydrogens (primary N) is 1. The summed E-state index contributed by atoms with van der Waals surface area (Å²) in [5.41, 5.74) is 6.42. The van der Waals surface area contributed by atoms with Crippen molar-refractivity contribution in [3.63, 3.8) is 0 Å². The largest absolute Gasteiger partial charge is 0.495 e. The number of esters is 1. The van der Waals surface area contributed by atoms with Gasteiger partial charge in [0.15, 0.2) is 0 Å². The van der Waals surface area contributed by atoms with Crippen LogP contribution in [-0.2, 0) is 4.74 Å². The van der Waals surface area contributed by atoms with Crippen LogP contribution < -0.4 is 10.5 Å². The highest BCUT2D eigenvalue weighted by Gasteiger charge is 2.13. The minimum absolute atomic E-state index is 0.380. The third kappa shape index (κ3) is 1.98. The first kappa shape index (κ1) is 10.8. The summed E-state index contributed by atoms with van der Waals surface area (Å²) in [6.45, 7) is 0. The zero-order valence-electron chi connectivity index (χ0n) is 7.83. The molecule has 0 fully saturated rings. The molecular formula is C9H10BrNO3. The molecule has 0 heterocycles. The van der Waals surface area contributed by atoms with Crippen molar-refractivity contribution in [3.05, 3.63) is 22.2 Å². The van der Waals surface area contributed by atoms with E-state index in [0.29, 0.717) is 21.5 Å². The predicted molar refractivity (Wildman–Crippen MR) is 56.4 cm³/mol. The molecule has 0 bridgehead atoms. The van der Waals surface area contributed by atoms with Gasteiger partial charge in [-0.15, -0.1) is 0 Å². The third-order valence-corrected chi connectivity index (χ3v) is 2.38. The van der Waals surface area contributed by atoms with Crippen molar-refractivity contribution in [2.45, 2.75) is 0 Å². The van der Waals surface area contributed by atoms with Crippen LogP contribution in [0.4, 0.5) is 5.69 Å². The summed E-state index contributed by atoms with van der Waals surface area (Å²) in [7, 11) is 2.82. The minimum Gasteiger partial charge on any atom is -0.495 e. The highest BCUT2D eigenvalue weighted by atomic mass is 79.9. The van der Waals surface area contributed by atoms with Gasteiger partial charge < -0.3 is 15.2 Å². The number of benzene rings is 1. The summed E-state index contributed by atoms with van der Waals surface area (Å²) >= 11 is 3.23. The Morgan fingerprint density at radius 2 is 2.07 bits per heavy atom. The van der Waals surface area contributed by atoms with Crippen LogP contribution >= 0.6 is 15.9 Å². The number of rotatable bonds is 2. The normalized spacial score (nSPS) is 9.64. The van der Waals surface area contributed by atoms with Crippen LogP contribution in [-0.4, -0.2) is 20.2 Å². The lowest BCUT2D eigenvalue weighted by Gasteiger charge is -2.08. The van der Waals surface area contributed by atoms with Crippen molar-refractivity contribution in [2.75, 3.05) is 20.0 Å². The Hall–Kier alpha value is -1.23. The summed E-state index contributed by atoms with van der Waals surface area (Å²) in [5, 5.41) is 0. The van der Waals surface area contributed by atoms with Crippen LogP contribution in [0.1, 0.15) is 10.4 Å². The molecule has 5 heteroatoms. The van der Waals surface area contributed by atoms with E-state index in [4.69, 9.17) is 10.5 Å². The van der Waals surface area contributed by atoms with Crippen molar-refractivity contribution >= 4 is 27.6 Å². The van der Waals surface area contributed by atoms with E-state index in [1.807, 2.05) is 0 Å². The Balaban J connectivity index is 3.21. The van der Waals surface area contributed by atoms with E-state index < -0.39 is 5.97 Å². The van der Waals surface area contributed by atoms with Crippen LogP contribution in [0, 0.1) is 0 Å². The van der Waals surface area contributed by atoms with Crippen molar-refractivity contribution in [1.29, 1.82) is 0 Å². The van der Waals surface area contributed by atoms with Crippen molar-refractivity contribution in [3.8, 4) is 5.75 Å². The molecule has 0 aliphatic heterocycles. The number of carbonyl (C=O) groups excluding carboxylic acids is 1. The smallest absolute Gasteiger partial charge is 0.339 e. The molecule has 4 nitrogen and oxygen atoms in total. The minimum atomic E-state index is -0.439. The van der Waals surface area contributed by atoms with Crippen LogP contribution in [0.5, 0.6) is 5.75 Å². The summed E-state index contributed by atoms with van der Waals surface area (Å²) in [4.78, 5) is 11.2. The lowest BCUT2D eigenvalue weighted by molar-refractivity contribution is 0.0599. The predicted octanol–water partition coefficient (Wildman–Crippen LogP) is 1.83. The molecule has 0 unspecified atom stereocenters. The SMILES string of the molecule is COC(=O)c1cc(N)c(OC)cc1Br. The lowest BCUT2D eigenvalue weighted by Crippen LogP contribution is -2.04. The van der Waals surface area contributed by atoms with Crippen LogP contribution in [0.3, 0.4) is 0 Å². The van der Waals surface area contributed by atoms with Crippen LogP contribution in [0.25, 0.3) is 0 Å². The molecule has 14 heavy (non-hydrogen) atoms. The molecular weight excluding hydrogens is 250 g/mol. The molecule has 0 saturated heterocycles. The second kappa shape index (κ2) is 4.32. The lowest BCUT2D eigenvalue weighted by atomic mass is 10.2. The van der Waals surface area contributed by atoms with Gasteiger partial charge in [0.25, 0.3) is 0 Å². The van der Waals surface area contributed by atoms with E-state index in [-0.39, 0.29) is 0 Å². The van der Waals surface area contributed by atoms with Crippen LogP contribution in [0.15, 0.2) is 16.6 Å². The number of nitrogen functional groups attached to an aromatic ring is 1. The first-order valence-corrected chi connectivity index (χ1v) is 4.60. The fraction of sp³-hybridized carbons (Fsp3) is 0.222. The number of halogens is 1. The number of anilines is 1. The summed E-state index contributed by atoms with van der Waals surface area (Å²) in [6, 6.07) is 3.14. The fourth-order valence-electron chi connectivity index (χ4n) is 1.01. The Bertz CT molecular complexity index is 365. The van der Waals surface area contributed by atoms with Gasteiger partial charge in [0.1, 0.15) is 5.75 Å². The first-order valence-electron chi connectivity index (χ1n) is 3.81. The number of carbonyl (C=O) groups is 1. The molecule has 0 atom stereocenters.